The van der Waals surface area contributed by atoms with Crippen molar-refractivity contribution < 1.29 is 18.6 Å². The van der Waals surface area contributed by atoms with Crippen LogP contribution in [0.25, 0.3) is 0 Å². The van der Waals surface area contributed by atoms with E-state index < -0.39 is 14.0 Å². The first kappa shape index (κ1) is 13.6. The van der Waals surface area contributed by atoms with Crippen LogP contribution < -0.4 is 0 Å². The summed E-state index contributed by atoms with van der Waals surface area (Å²) in [6.07, 6.45) is 2.25. The van der Waals surface area contributed by atoms with Gasteiger partial charge in [-0.2, -0.15) is 0 Å². The molecule has 4 bridgehead atoms. The molecule has 0 amide bonds. The summed E-state index contributed by atoms with van der Waals surface area (Å²) in [5.41, 5.74) is -1.10. The van der Waals surface area contributed by atoms with Gasteiger partial charge >= 0.3 is 14.0 Å². The monoisotopic (exact) mass is 278 g/mol. The highest BCUT2D eigenvalue weighted by Gasteiger charge is 2.72. The zero-order chi connectivity index (χ0) is 14.6. The van der Waals surface area contributed by atoms with Gasteiger partial charge in [0.25, 0.3) is 0 Å². The third kappa shape index (κ3) is 1.49. The molecule has 0 spiro atoms. The third-order valence-electron chi connectivity index (χ3n) is 6.53. The van der Waals surface area contributed by atoms with E-state index in [1.807, 2.05) is 0 Å². The smallest absolute Gasteiger partial charge is 0.405 e. The molecule has 0 aromatic rings. The zero-order valence-electron chi connectivity index (χ0n) is 13.4. The normalized spacial score (nSPS) is 51.3. The molecule has 6 heteroatoms. The molecule has 4 atom stereocenters. The van der Waals surface area contributed by atoms with Gasteiger partial charge in [-0.1, -0.05) is 0 Å². The SMILES string of the molecule is CC1(C)OB2OC1(C)CC1C[C@@H]1C1(C)OB2OC1(C)C. The fourth-order valence-corrected chi connectivity index (χ4v) is 4.35. The van der Waals surface area contributed by atoms with Gasteiger partial charge in [-0.25, -0.2) is 0 Å². The fourth-order valence-electron chi connectivity index (χ4n) is 4.35. The van der Waals surface area contributed by atoms with Crippen LogP contribution in [0.1, 0.15) is 54.4 Å². The van der Waals surface area contributed by atoms with E-state index in [1.54, 1.807) is 0 Å². The highest BCUT2D eigenvalue weighted by atomic mass is 16.7. The van der Waals surface area contributed by atoms with Gasteiger partial charge in [-0.3, -0.25) is 0 Å². The molecule has 1 saturated carbocycles. The van der Waals surface area contributed by atoms with Crippen LogP contribution >= 0.6 is 0 Å². The van der Waals surface area contributed by atoms with Crippen LogP contribution in [-0.2, 0) is 18.6 Å². The lowest BCUT2D eigenvalue weighted by Gasteiger charge is -2.39. The van der Waals surface area contributed by atoms with Gasteiger partial charge in [0.1, 0.15) is 0 Å². The van der Waals surface area contributed by atoms with E-state index in [2.05, 4.69) is 41.5 Å². The van der Waals surface area contributed by atoms with Crippen molar-refractivity contribution in [3.63, 3.8) is 0 Å². The van der Waals surface area contributed by atoms with Gasteiger partial charge in [0.05, 0.1) is 22.4 Å². The van der Waals surface area contributed by atoms with E-state index in [0.717, 1.165) is 6.42 Å². The molecule has 3 unspecified atom stereocenters. The number of hydrogen-bond donors (Lipinski definition) is 0. The van der Waals surface area contributed by atoms with Crippen molar-refractivity contribution in [3.05, 3.63) is 0 Å². The second kappa shape index (κ2) is 3.48. The zero-order valence-corrected chi connectivity index (χ0v) is 13.4. The summed E-state index contributed by atoms with van der Waals surface area (Å²) >= 11 is 0. The first-order chi connectivity index (χ1) is 9.08. The third-order valence-corrected chi connectivity index (χ3v) is 6.53. The fraction of sp³-hybridized carbons (Fsp3) is 1.00. The Morgan fingerprint density at radius 2 is 1.40 bits per heavy atom. The van der Waals surface area contributed by atoms with E-state index in [0.29, 0.717) is 11.8 Å². The van der Waals surface area contributed by atoms with Crippen LogP contribution in [0, 0.1) is 11.8 Å². The van der Waals surface area contributed by atoms with Crippen LogP contribution in [0.5, 0.6) is 0 Å². The molecule has 3 saturated heterocycles. The molecular weight excluding hydrogens is 254 g/mol. The molecule has 0 aromatic heterocycles. The van der Waals surface area contributed by atoms with Gasteiger partial charge in [0, 0.05) is 0 Å². The molecular formula is C14H24B2O4. The first-order valence-electron chi connectivity index (χ1n) is 7.79. The summed E-state index contributed by atoms with van der Waals surface area (Å²) < 4.78 is 25.0. The standard InChI is InChI=1S/C14H24B2O4/c1-11(2)13(5)8-9-7-10(9)14(6)12(3,4)18-16(20-14)15(17-11)19-13/h9-10H,7-8H2,1-6H3/t9?,10-,13?,14?/m0/s1. The van der Waals surface area contributed by atoms with E-state index in [9.17, 15) is 0 Å². The lowest BCUT2D eigenvalue weighted by molar-refractivity contribution is -0.0439. The summed E-state index contributed by atoms with van der Waals surface area (Å²) in [5, 5.41) is 0. The second-order valence-electron chi connectivity index (χ2n) is 8.37. The Bertz CT molecular complexity index is 464. The molecule has 3 aliphatic heterocycles. The summed E-state index contributed by atoms with van der Waals surface area (Å²) in [6, 6.07) is 0. The minimum atomic E-state index is -0.423. The highest BCUT2D eigenvalue weighted by Crippen LogP contribution is 2.61. The van der Waals surface area contributed by atoms with Crippen molar-refractivity contribution in [2.75, 3.05) is 0 Å². The molecule has 4 rings (SSSR count). The molecule has 0 N–H and O–H groups in total. The van der Waals surface area contributed by atoms with E-state index in [4.69, 9.17) is 18.6 Å². The average molecular weight is 278 g/mol. The molecule has 3 heterocycles. The molecule has 4 aliphatic rings. The Kier molecular flexibility index (Phi) is 2.37. The van der Waals surface area contributed by atoms with Crippen molar-refractivity contribution in [2.45, 2.75) is 76.8 Å². The molecule has 0 aromatic carbocycles. The van der Waals surface area contributed by atoms with E-state index in [-0.39, 0.29) is 22.4 Å². The maximum atomic E-state index is 6.34. The number of rotatable bonds is 0. The maximum Gasteiger partial charge on any atom is 0.489 e. The molecule has 4 fully saturated rings. The minimum Gasteiger partial charge on any atom is -0.405 e. The Morgan fingerprint density at radius 3 is 2.10 bits per heavy atom. The van der Waals surface area contributed by atoms with E-state index >= 15 is 0 Å². The Morgan fingerprint density at radius 1 is 0.800 bits per heavy atom. The van der Waals surface area contributed by atoms with Crippen molar-refractivity contribution in [2.24, 2.45) is 11.8 Å². The predicted octanol–water partition coefficient (Wildman–Crippen LogP) is 2.25. The second-order valence-corrected chi connectivity index (χ2v) is 8.37. The lowest BCUT2D eigenvalue weighted by atomic mass is 9.49. The summed E-state index contributed by atoms with van der Waals surface area (Å²) in [5.74, 6) is 1.21. The minimum absolute atomic E-state index is 0.236. The van der Waals surface area contributed by atoms with Crippen LogP contribution in [0.4, 0.5) is 0 Å². The summed E-state index contributed by atoms with van der Waals surface area (Å²) in [4.78, 5) is 0. The molecule has 4 nitrogen and oxygen atoms in total. The summed E-state index contributed by atoms with van der Waals surface area (Å²) in [6.45, 7) is 12.9. The van der Waals surface area contributed by atoms with Gasteiger partial charge in [-0.05, 0) is 66.2 Å². The van der Waals surface area contributed by atoms with Gasteiger partial charge < -0.3 is 18.6 Å². The first-order valence-corrected chi connectivity index (χ1v) is 7.79. The van der Waals surface area contributed by atoms with E-state index in [1.165, 1.54) is 6.42 Å². The van der Waals surface area contributed by atoms with Crippen molar-refractivity contribution >= 4 is 14.0 Å². The van der Waals surface area contributed by atoms with Crippen LogP contribution in [0.15, 0.2) is 0 Å². The molecule has 0 radical (unpaired) electrons. The van der Waals surface area contributed by atoms with Gasteiger partial charge in [-0.15, -0.1) is 0 Å². The highest BCUT2D eigenvalue weighted by molar-refractivity contribution is 7.11. The van der Waals surface area contributed by atoms with Crippen LogP contribution in [-0.4, -0.2) is 36.4 Å². The van der Waals surface area contributed by atoms with Crippen LogP contribution in [0.3, 0.4) is 0 Å². The molecule has 20 heavy (non-hydrogen) atoms. The number of hydrogen-bond acceptors (Lipinski definition) is 4. The quantitative estimate of drug-likeness (QED) is 0.637. The lowest BCUT2D eigenvalue weighted by Crippen LogP contribution is -2.48. The molecule has 110 valence electrons. The van der Waals surface area contributed by atoms with Crippen LogP contribution in [0.2, 0.25) is 0 Å². The number of fused-ring (bicyclic) bond motifs is 7. The predicted molar refractivity (Wildman–Crippen MR) is 77.0 cm³/mol. The topological polar surface area (TPSA) is 36.9 Å². The van der Waals surface area contributed by atoms with Gasteiger partial charge in [0.15, 0.2) is 0 Å². The van der Waals surface area contributed by atoms with Crippen molar-refractivity contribution in [3.8, 4) is 0 Å². The Hall–Kier alpha value is -0.0301. The summed E-state index contributed by atoms with van der Waals surface area (Å²) in [7, 11) is -0.843. The largest absolute Gasteiger partial charge is 0.489 e. The maximum absolute atomic E-state index is 6.34. The van der Waals surface area contributed by atoms with Crippen molar-refractivity contribution in [1.29, 1.82) is 0 Å². The van der Waals surface area contributed by atoms with Crippen molar-refractivity contribution in [1.82, 2.24) is 0 Å². The average Bonchev–Trinajstić information content (AvgIpc) is 2.92. The Labute approximate surface area is 122 Å². The Balaban J connectivity index is 1.76. The van der Waals surface area contributed by atoms with Gasteiger partial charge in [0.2, 0.25) is 0 Å². The molecule has 1 aliphatic carbocycles.